The highest BCUT2D eigenvalue weighted by Gasteiger charge is 2.28. The van der Waals surface area contributed by atoms with Crippen molar-refractivity contribution in [1.29, 1.82) is 0 Å². The molecule has 16 heavy (non-hydrogen) atoms. The van der Waals surface area contributed by atoms with E-state index < -0.39 is 0 Å². The van der Waals surface area contributed by atoms with E-state index in [2.05, 4.69) is 11.9 Å². The molecular formula is C11H14Cl2N2O. The maximum Gasteiger partial charge on any atom is 0.288 e. The minimum absolute atomic E-state index is 0.0368. The summed E-state index contributed by atoms with van der Waals surface area (Å²) in [7, 11) is 0. The van der Waals surface area contributed by atoms with Gasteiger partial charge >= 0.3 is 0 Å². The van der Waals surface area contributed by atoms with E-state index in [4.69, 9.17) is 23.2 Å². The topological polar surface area (TPSA) is 34.9 Å². The van der Waals surface area contributed by atoms with Gasteiger partial charge in [-0.05, 0) is 25.2 Å². The molecule has 0 radical (unpaired) electrons. The molecule has 0 aromatic carbocycles. The molecule has 1 aromatic rings. The summed E-state index contributed by atoms with van der Waals surface area (Å²) < 4.78 is 1.65. The Bertz CT molecular complexity index is 440. The van der Waals surface area contributed by atoms with E-state index in [1.807, 2.05) is 0 Å². The van der Waals surface area contributed by atoms with Crippen molar-refractivity contribution in [2.24, 2.45) is 5.92 Å². The molecule has 0 aliphatic heterocycles. The summed E-state index contributed by atoms with van der Waals surface area (Å²) in [5.41, 5.74) is -0.232. The molecule has 0 saturated heterocycles. The fraction of sp³-hybridized carbons (Fsp3) is 0.636. The maximum absolute atomic E-state index is 11.9. The van der Waals surface area contributed by atoms with Crippen molar-refractivity contribution in [3.8, 4) is 0 Å². The summed E-state index contributed by atoms with van der Waals surface area (Å²) in [6, 6.07) is 0.208. The summed E-state index contributed by atoms with van der Waals surface area (Å²) in [5, 5.41) is 0.243. The lowest BCUT2D eigenvalue weighted by Gasteiger charge is -2.34. The largest absolute Gasteiger partial charge is 0.306 e. The van der Waals surface area contributed by atoms with E-state index in [1.54, 1.807) is 10.8 Å². The lowest BCUT2D eigenvalue weighted by atomic mass is 9.78. The monoisotopic (exact) mass is 260 g/mol. The molecule has 1 unspecified atom stereocenters. The number of rotatable bonds is 3. The smallest absolute Gasteiger partial charge is 0.288 e. The van der Waals surface area contributed by atoms with Crippen LogP contribution in [0.1, 0.15) is 38.6 Å². The molecule has 2 rings (SSSR count). The average Bonchev–Trinajstić information content (AvgIpc) is 2.17. The van der Waals surface area contributed by atoms with Crippen LogP contribution in [0.2, 0.25) is 10.3 Å². The van der Waals surface area contributed by atoms with Crippen LogP contribution in [-0.2, 0) is 0 Å². The first-order valence-electron chi connectivity index (χ1n) is 5.57. The van der Waals surface area contributed by atoms with Gasteiger partial charge in [-0.2, -0.15) is 0 Å². The molecule has 0 amide bonds. The maximum atomic E-state index is 11.9. The normalized spacial score (nSPS) is 18.2. The Kier molecular flexibility index (Phi) is 3.55. The van der Waals surface area contributed by atoms with Crippen LogP contribution in [0.25, 0.3) is 0 Å². The second-order valence-electron chi connectivity index (χ2n) is 4.23. The molecule has 88 valence electrons. The van der Waals surface area contributed by atoms with E-state index >= 15 is 0 Å². The van der Waals surface area contributed by atoms with E-state index in [0.717, 1.165) is 6.42 Å². The average molecular weight is 261 g/mol. The van der Waals surface area contributed by atoms with Gasteiger partial charge in [-0.1, -0.05) is 36.5 Å². The zero-order chi connectivity index (χ0) is 11.7. The van der Waals surface area contributed by atoms with Crippen LogP contribution in [0.5, 0.6) is 0 Å². The first kappa shape index (κ1) is 11.9. The van der Waals surface area contributed by atoms with Crippen molar-refractivity contribution < 1.29 is 0 Å². The highest BCUT2D eigenvalue weighted by molar-refractivity contribution is 6.32. The summed E-state index contributed by atoms with van der Waals surface area (Å²) >= 11 is 11.6. The molecule has 1 aliphatic rings. The lowest BCUT2D eigenvalue weighted by Crippen LogP contribution is -2.32. The van der Waals surface area contributed by atoms with Crippen LogP contribution in [-0.4, -0.2) is 9.55 Å². The van der Waals surface area contributed by atoms with Gasteiger partial charge in [-0.25, -0.2) is 4.98 Å². The number of nitrogens with zero attached hydrogens (tertiary/aromatic N) is 2. The van der Waals surface area contributed by atoms with Crippen molar-refractivity contribution >= 4 is 23.2 Å². The Morgan fingerprint density at radius 1 is 1.56 bits per heavy atom. The Balaban J connectivity index is 2.40. The van der Waals surface area contributed by atoms with Gasteiger partial charge in [0.25, 0.3) is 5.56 Å². The lowest BCUT2D eigenvalue weighted by molar-refractivity contribution is 0.199. The molecule has 1 aromatic heterocycles. The Labute approximate surface area is 104 Å². The molecule has 0 spiro atoms. The highest BCUT2D eigenvalue weighted by atomic mass is 35.5. The van der Waals surface area contributed by atoms with Gasteiger partial charge in [0.2, 0.25) is 0 Å². The Morgan fingerprint density at radius 3 is 2.75 bits per heavy atom. The third-order valence-corrected chi connectivity index (χ3v) is 3.76. The van der Waals surface area contributed by atoms with Gasteiger partial charge in [0.15, 0.2) is 5.15 Å². The second-order valence-corrected chi connectivity index (χ2v) is 4.98. The van der Waals surface area contributed by atoms with Crippen molar-refractivity contribution in [1.82, 2.24) is 9.55 Å². The van der Waals surface area contributed by atoms with E-state index in [1.165, 1.54) is 19.3 Å². The first-order valence-corrected chi connectivity index (χ1v) is 6.33. The zero-order valence-corrected chi connectivity index (χ0v) is 10.6. The minimum Gasteiger partial charge on any atom is -0.306 e. The van der Waals surface area contributed by atoms with Crippen LogP contribution >= 0.6 is 23.2 Å². The number of hydrogen-bond donors (Lipinski definition) is 0. The minimum atomic E-state index is -0.232. The number of halogens is 2. The standard InChI is InChI=1S/C11H14Cl2N2O/c1-2-8(7-4-3-5-7)15-6-9(12)14-10(13)11(15)16/h6-8H,2-5H2,1H3. The van der Waals surface area contributed by atoms with Crippen LogP contribution in [0.3, 0.4) is 0 Å². The molecule has 3 nitrogen and oxygen atoms in total. The predicted molar refractivity (Wildman–Crippen MR) is 65.2 cm³/mol. The molecule has 1 atom stereocenters. The summed E-state index contributed by atoms with van der Waals surface area (Å²) in [4.78, 5) is 15.6. The van der Waals surface area contributed by atoms with Gasteiger partial charge in [-0.3, -0.25) is 4.79 Å². The highest BCUT2D eigenvalue weighted by Crippen LogP contribution is 2.37. The van der Waals surface area contributed by atoms with Crippen molar-refractivity contribution in [2.45, 2.75) is 38.6 Å². The zero-order valence-electron chi connectivity index (χ0n) is 9.12. The molecule has 0 bridgehead atoms. The summed E-state index contributed by atoms with van der Waals surface area (Å²) in [6.45, 7) is 2.08. The second kappa shape index (κ2) is 4.76. The van der Waals surface area contributed by atoms with Crippen molar-refractivity contribution in [3.05, 3.63) is 26.9 Å². The summed E-state index contributed by atoms with van der Waals surface area (Å²) in [5.74, 6) is 0.581. The number of hydrogen-bond acceptors (Lipinski definition) is 2. The van der Waals surface area contributed by atoms with Gasteiger partial charge in [-0.15, -0.1) is 0 Å². The SMILES string of the molecule is CCC(C1CCC1)n1cc(Cl)nc(Cl)c1=O. The molecule has 0 N–H and O–H groups in total. The third-order valence-electron chi connectivity index (χ3n) is 3.33. The molecule has 1 heterocycles. The fourth-order valence-corrected chi connectivity index (χ4v) is 2.70. The molecular weight excluding hydrogens is 247 g/mol. The van der Waals surface area contributed by atoms with Crippen LogP contribution in [0, 0.1) is 5.92 Å². The van der Waals surface area contributed by atoms with Crippen LogP contribution < -0.4 is 5.56 Å². The van der Waals surface area contributed by atoms with Gasteiger partial charge in [0.05, 0.1) is 0 Å². The van der Waals surface area contributed by atoms with E-state index in [9.17, 15) is 4.79 Å². The van der Waals surface area contributed by atoms with Gasteiger partial charge in [0, 0.05) is 12.2 Å². The quantitative estimate of drug-likeness (QED) is 0.836. The van der Waals surface area contributed by atoms with Crippen molar-refractivity contribution in [2.75, 3.05) is 0 Å². The summed E-state index contributed by atoms with van der Waals surface area (Å²) in [6.07, 6.45) is 6.14. The molecule has 1 aliphatic carbocycles. The number of aromatic nitrogens is 2. The third kappa shape index (κ3) is 2.11. The van der Waals surface area contributed by atoms with Gasteiger partial charge in [0.1, 0.15) is 5.15 Å². The first-order chi connectivity index (χ1) is 7.63. The fourth-order valence-electron chi connectivity index (χ4n) is 2.28. The molecule has 1 saturated carbocycles. The Morgan fingerprint density at radius 2 is 2.25 bits per heavy atom. The predicted octanol–water partition coefficient (Wildman–Crippen LogP) is 3.30. The molecule has 1 fully saturated rings. The molecule has 5 heteroatoms. The van der Waals surface area contributed by atoms with Gasteiger partial charge < -0.3 is 4.57 Å². The van der Waals surface area contributed by atoms with E-state index in [0.29, 0.717) is 5.92 Å². The van der Waals surface area contributed by atoms with Crippen LogP contribution in [0.4, 0.5) is 0 Å². The Hall–Kier alpha value is -0.540. The van der Waals surface area contributed by atoms with E-state index in [-0.39, 0.29) is 21.9 Å². The van der Waals surface area contributed by atoms with Crippen molar-refractivity contribution in [3.63, 3.8) is 0 Å². The van der Waals surface area contributed by atoms with Crippen LogP contribution in [0.15, 0.2) is 11.0 Å².